The first-order valence-corrected chi connectivity index (χ1v) is 3.63. The van der Waals surface area contributed by atoms with E-state index in [0.29, 0.717) is 0 Å². The number of aliphatic hydroxyl groups is 1. The Labute approximate surface area is 54.8 Å². The summed E-state index contributed by atoms with van der Waals surface area (Å²) in [7, 11) is 0. The van der Waals surface area contributed by atoms with Crippen molar-refractivity contribution in [2.75, 3.05) is 6.61 Å². The molecule has 1 spiro atoms. The molecule has 0 aromatic carbocycles. The summed E-state index contributed by atoms with van der Waals surface area (Å²) < 4.78 is 5.49. The van der Waals surface area contributed by atoms with Crippen LogP contribution in [0.15, 0.2) is 0 Å². The van der Waals surface area contributed by atoms with Gasteiger partial charge in [0.05, 0.1) is 11.7 Å². The van der Waals surface area contributed by atoms with Crippen molar-refractivity contribution in [3.8, 4) is 0 Å². The third-order valence-corrected chi connectivity index (χ3v) is 2.27. The van der Waals surface area contributed by atoms with Gasteiger partial charge in [0.15, 0.2) is 0 Å². The fourth-order valence-corrected chi connectivity index (χ4v) is 1.49. The summed E-state index contributed by atoms with van der Waals surface area (Å²) in [4.78, 5) is 0. The molecule has 2 nitrogen and oxygen atoms in total. The Kier molecular flexibility index (Phi) is 1.08. The quantitative estimate of drug-likeness (QED) is 0.520. The minimum absolute atomic E-state index is 0.0822. The molecule has 1 aliphatic carbocycles. The molecular formula is C7H12O2. The van der Waals surface area contributed by atoms with E-state index < -0.39 is 0 Å². The van der Waals surface area contributed by atoms with Crippen LogP contribution in [-0.4, -0.2) is 23.4 Å². The lowest BCUT2D eigenvalue weighted by molar-refractivity contribution is -0.0590. The standard InChI is InChI=1S/C7H12O2/c8-6-1-4-9-7(5-6)2-3-7/h6,8H,1-5H2/t6-/m1/s1. The fourth-order valence-electron chi connectivity index (χ4n) is 1.49. The Hall–Kier alpha value is -0.0800. The van der Waals surface area contributed by atoms with Gasteiger partial charge in [0.1, 0.15) is 0 Å². The van der Waals surface area contributed by atoms with Crippen LogP contribution in [-0.2, 0) is 4.74 Å². The Morgan fingerprint density at radius 3 is 2.67 bits per heavy atom. The van der Waals surface area contributed by atoms with Crippen LogP contribution in [0.4, 0.5) is 0 Å². The van der Waals surface area contributed by atoms with Crippen LogP contribution in [0.5, 0.6) is 0 Å². The van der Waals surface area contributed by atoms with Crippen molar-refractivity contribution in [2.24, 2.45) is 0 Å². The van der Waals surface area contributed by atoms with Crippen molar-refractivity contribution < 1.29 is 9.84 Å². The van der Waals surface area contributed by atoms with Crippen molar-refractivity contribution in [1.82, 2.24) is 0 Å². The lowest BCUT2D eigenvalue weighted by Gasteiger charge is -2.25. The van der Waals surface area contributed by atoms with E-state index in [1.807, 2.05) is 0 Å². The van der Waals surface area contributed by atoms with Gasteiger partial charge in [-0.1, -0.05) is 0 Å². The van der Waals surface area contributed by atoms with E-state index in [4.69, 9.17) is 4.74 Å². The SMILES string of the molecule is O[C@@H]1CCOC2(CC2)C1. The Balaban J connectivity index is 1.96. The maximum atomic E-state index is 9.20. The second kappa shape index (κ2) is 1.70. The van der Waals surface area contributed by atoms with Gasteiger partial charge in [-0.3, -0.25) is 0 Å². The highest BCUT2D eigenvalue weighted by atomic mass is 16.5. The van der Waals surface area contributed by atoms with Gasteiger partial charge in [0, 0.05) is 13.0 Å². The molecule has 9 heavy (non-hydrogen) atoms. The molecule has 0 unspecified atom stereocenters. The van der Waals surface area contributed by atoms with E-state index >= 15 is 0 Å². The molecule has 0 aromatic heterocycles. The van der Waals surface area contributed by atoms with Crippen molar-refractivity contribution >= 4 is 0 Å². The topological polar surface area (TPSA) is 29.5 Å². The van der Waals surface area contributed by atoms with E-state index in [9.17, 15) is 5.11 Å². The van der Waals surface area contributed by atoms with Crippen LogP contribution in [0.25, 0.3) is 0 Å². The van der Waals surface area contributed by atoms with Crippen LogP contribution in [0, 0.1) is 0 Å². The number of hydrogen-bond acceptors (Lipinski definition) is 2. The summed E-state index contributed by atoms with van der Waals surface area (Å²) in [6.07, 6.45) is 3.98. The molecule has 2 aliphatic rings. The molecule has 2 rings (SSSR count). The van der Waals surface area contributed by atoms with Gasteiger partial charge in [-0.25, -0.2) is 0 Å². The second-order valence-electron chi connectivity index (χ2n) is 3.18. The van der Waals surface area contributed by atoms with E-state index in [1.165, 1.54) is 12.8 Å². The summed E-state index contributed by atoms with van der Waals surface area (Å²) >= 11 is 0. The predicted molar refractivity (Wildman–Crippen MR) is 33.2 cm³/mol. The summed E-state index contributed by atoms with van der Waals surface area (Å²) in [5.74, 6) is 0. The normalized spacial score (nSPS) is 39.0. The summed E-state index contributed by atoms with van der Waals surface area (Å²) in [5.41, 5.74) is 0.150. The molecule has 1 saturated heterocycles. The monoisotopic (exact) mass is 128 g/mol. The Morgan fingerprint density at radius 2 is 2.22 bits per heavy atom. The first-order chi connectivity index (χ1) is 4.31. The van der Waals surface area contributed by atoms with Crippen molar-refractivity contribution in [3.63, 3.8) is 0 Å². The summed E-state index contributed by atoms with van der Waals surface area (Å²) in [6.45, 7) is 0.765. The van der Waals surface area contributed by atoms with Gasteiger partial charge in [-0.05, 0) is 19.3 Å². The van der Waals surface area contributed by atoms with E-state index in [-0.39, 0.29) is 11.7 Å². The van der Waals surface area contributed by atoms with Crippen molar-refractivity contribution in [1.29, 1.82) is 0 Å². The molecule has 0 bridgehead atoms. The number of hydrogen-bond donors (Lipinski definition) is 1. The molecular weight excluding hydrogens is 116 g/mol. The summed E-state index contributed by atoms with van der Waals surface area (Å²) in [6, 6.07) is 0. The molecule has 1 aliphatic heterocycles. The molecule has 0 radical (unpaired) electrons. The van der Waals surface area contributed by atoms with E-state index in [2.05, 4.69) is 0 Å². The zero-order valence-electron chi connectivity index (χ0n) is 5.47. The average Bonchev–Trinajstić information content (AvgIpc) is 2.49. The van der Waals surface area contributed by atoms with Gasteiger partial charge in [-0.2, -0.15) is 0 Å². The minimum atomic E-state index is -0.0822. The number of aliphatic hydroxyl groups excluding tert-OH is 1. The first kappa shape index (κ1) is 5.69. The molecule has 0 aromatic rings. The van der Waals surface area contributed by atoms with E-state index in [1.54, 1.807) is 0 Å². The lowest BCUT2D eigenvalue weighted by Crippen LogP contribution is -2.30. The first-order valence-electron chi connectivity index (χ1n) is 3.63. The molecule has 2 fully saturated rings. The van der Waals surface area contributed by atoms with Crippen LogP contribution < -0.4 is 0 Å². The molecule has 2 heteroatoms. The molecule has 1 heterocycles. The Morgan fingerprint density at radius 1 is 1.44 bits per heavy atom. The molecule has 1 saturated carbocycles. The van der Waals surface area contributed by atoms with Crippen LogP contribution in [0.1, 0.15) is 25.7 Å². The zero-order chi connectivity index (χ0) is 6.32. The molecule has 1 atom stereocenters. The van der Waals surface area contributed by atoms with Crippen LogP contribution in [0.3, 0.4) is 0 Å². The lowest BCUT2D eigenvalue weighted by atomic mass is 10.1. The van der Waals surface area contributed by atoms with Gasteiger partial charge in [0.25, 0.3) is 0 Å². The maximum absolute atomic E-state index is 9.20. The highest BCUT2D eigenvalue weighted by Gasteiger charge is 2.47. The molecule has 0 amide bonds. The van der Waals surface area contributed by atoms with Crippen LogP contribution in [0.2, 0.25) is 0 Å². The second-order valence-corrected chi connectivity index (χ2v) is 3.18. The van der Waals surface area contributed by atoms with Gasteiger partial charge < -0.3 is 9.84 Å². The predicted octanol–water partition coefficient (Wildman–Crippen LogP) is 0.690. The average molecular weight is 128 g/mol. The fraction of sp³-hybridized carbons (Fsp3) is 1.00. The van der Waals surface area contributed by atoms with Gasteiger partial charge >= 0.3 is 0 Å². The third kappa shape index (κ3) is 0.970. The number of rotatable bonds is 0. The smallest absolute Gasteiger partial charge is 0.0709 e. The molecule has 52 valence electrons. The highest BCUT2D eigenvalue weighted by molar-refractivity contribution is 4.99. The van der Waals surface area contributed by atoms with Gasteiger partial charge in [-0.15, -0.1) is 0 Å². The largest absolute Gasteiger partial charge is 0.393 e. The van der Waals surface area contributed by atoms with Gasteiger partial charge in [0.2, 0.25) is 0 Å². The summed E-state index contributed by atoms with van der Waals surface area (Å²) in [5, 5.41) is 9.20. The highest BCUT2D eigenvalue weighted by Crippen LogP contribution is 2.46. The Bertz CT molecular complexity index is 118. The van der Waals surface area contributed by atoms with Crippen LogP contribution >= 0.6 is 0 Å². The minimum Gasteiger partial charge on any atom is -0.393 e. The van der Waals surface area contributed by atoms with Crippen molar-refractivity contribution in [3.05, 3.63) is 0 Å². The zero-order valence-corrected chi connectivity index (χ0v) is 5.47. The third-order valence-electron chi connectivity index (χ3n) is 2.27. The number of ether oxygens (including phenoxy) is 1. The van der Waals surface area contributed by atoms with E-state index in [0.717, 1.165) is 19.4 Å². The van der Waals surface area contributed by atoms with Crippen molar-refractivity contribution in [2.45, 2.75) is 37.4 Å². The molecule has 1 N–H and O–H groups in total. The maximum Gasteiger partial charge on any atom is 0.0709 e.